The van der Waals surface area contributed by atoms with E-state index in [4.69, 9.17) is 0 Å². The van der Waals surface area contributed by atoms with E-state index in [1.54, 1.807) is 11.8 Å². The molecule has 1 aliphatic rings. The van der Waals surface area contributed by atoms with Crippen LogP contribution < -0.4 is 5.32 Å². The van der Waals surface area contributed by atoms with E-state index >= 15 is 0 Å². The van der Waals surface area contributed by atoms with Crippen LogP contribution >= 0.6 is 0 Å². The first-order chi connectivity index (χ1) is 11.0. The van der Waals surface area contributed by atoms with E-state index in [-0.39, 0.29) is 18.9 Å². The zero-order valence-corrected chi connectivity index (χ0v) is 13.3. The Hall–Kier alpha value is -1.53. The number of hydrogen-bond acceptors (Lipinski definition) is 3. The third-order valence-electron chi connectivity index (χ3n) is 4.29. The number of nitrogens with zero attached hydrogens (tertiary/aromatic N) is 1. The van der Waals surface area contributed by atoms with E-state index in [0.717, 1.165) is 18.4 Å². The Kier molecular flexibility index (Phi) is 6.47. The highest BCUT2D eigenvalue weighted by Crippen LogP contribution is 2.24. The molecule has 1 fully saturated rings. The van der Waals surface area contributed by atoms with E-state index in [9.17, 15) is 18.7 Å². The van der Waals surface area contributed by atoms with Gasteiger partial charge in [0.2, 0.25) is 5.91 Å². The Morgan fingerprint density at radius 3 is 2.70 bits per heavy atom. The number of nitrogens with one attached hydrogen (secondary N) is 1. The molecule has 0 spiro atoms. The molecule has 1 aliphatic heterocycles. The van der Waals surface area contributed by atoms with Crippen molar-refractivity contribution >= 4 is 5.91 Å². The van der Waals surface area contributed by atoms with Crippen molar-refractivity contribution in [3.63, 3.8) is 0 Å². The van der Waals surface area contributed by atoms with Crippen LogP contribution in [0.1, 0.15) is 25.3 Å². The minimum absolute atomic E-state index is 0.229. The molecule has 2 N–H and O–H groups in total. The number of amides is 1. The zero-order valence-electron chi connectivity index (χ0n) is 13.3. The zero-order chi connectivity index (χ0) is 16.8. The van der Waals surface area contributed by atoms with Crippen molar-refractivity contribution in [1.29, 1.82) is 0 Å². The summed E-state index contributed by atoms with van der Waals surface area (Å²) in [5.74, 6) is -0.229. The van der Waals surface area contributed by atoms with Gasteiger partial charge in [0.05, 0.1) is 18.2 Å². The van der Waals surface area contributed by atoms with E-state index in [1.165, 1.54) is 0 Å². The normalized spacial score (nSPS) is 25.0. The first kappa shape index (κ1) is 17.8. The third-order valence-corrected chi connectivity index (χ3v) is 4.29. The average molecular weight is 326 g/mol. The lowest BCUT2D eigenvalue weighted by molar-refractivity contribution is -0.122. The number of likely N-dealkylation sites (tertiary alicyclic amines) is 1. The first-order valence-electron chi connectivity index (χ1n) is 8.06. The van der Waals surface area contributed by atoms with Gasteiger partial charge in [0.25, 0.3) is 6.43 Å². The molecule has 1 aromatic carbocycles. The Morgan fingerprint density at radius 2 is 2.09 bits per heavy atom. The molecule has 0 bridgehead atoms. The average Bonchev–Trinajstić information content (AvgIpc) is 2.84. The smallest absolute Gasteiger partial charge is 0.256 e. The van der Waals surface area contributed by atoms with Gasteiger partial charge >= 0.3 is 0 Å². The van der Waals surface area contributed by atoms with Gasteiger partial charge in [-0.1, -0.05) is 37.3 Å². The van der Waals surface area contributed by atoms with Crippen LogP contribution in [0.15, 0.2) is 30.3 Å². The molecule has 1 saturated heterocycles. The molecule has 4 nitrogen and oxygen atoms in total. The molecule has 0 radical (unpaired) electrons. The molecule has 0 saturated carbocycles. The minimum atomic E-state index is -2.63. The van der Waals surface area contributed by atoms with Crippen LogP contribution in [0.25, 0.3) is 0 Å². The Morgan fingerprint density at radius 1 is 1.39 bits per heavy atom. The van der Waals surface area contributed by atoms with Crippen LogP contribution in [0, 0.1) is 0 Å². The maximum atomic E-state index is 13.3. The minimum Gasteiger partial charge on any atom is -0.389 e. The van der Waals surface area contributed by atoms with Crippen molar-refractivity contribution in [2.45, 2.75) is 50.8 Å². The summed E-state index contributed by atoms with van der Waals surface area (Å²) in [4.78, 5) is 13.1. The lowest BCUT2D eigenvalue weighted by Gasteiger charge is -2.24. The number of aliphatic hydroxyl groups excluding tert-OH is 1. The van der Waals surface area contributed by atoms with Crippen LogP contribution in [0.2, 0.25) is 0 Å². The molecule has 1 amide bonds. The Balaban J connectivity index is 1.91. The standard InChI is InChI=1S/C17H24F2N2O2/c1-2-14(22)20-13-11-21(15(16(13)23)17(18)19)10-6-9-12-7-4-3-5-8-12/h3-5,7-8,13,15-17,23H,2,6,9-11H2,1H3,(H,20,22)/t13-,15+,16+/m0/s1. The van der Waals surface area contributed by atoms with Gasteiger partial charge in [0.15, 0.2) is 0 Å². The van der Waals surface area contributed by atoms with E-state index in [0.29, 0.717) is 6.54 Å². The number of halogens is 2. The summed E-state index contributed by atoms with van der Waals surface area (Å²) in [6.07, 6.45) is -2.06. The summed E-state index contributed by atoms with van der Waals surface area (Å²) in [7, 11) is 0. The van der Waals surface area contributed by atoms with Gasteiger partial charge in [-0.05, 0) is 24.9 Å². The topological polar surface area (TPSA) is 52.6 Å². The maximum Gasteiger partial charge on any atom is 0.256 e. The SMILES string of the molecule is CCC(=O)N[C@H]1CN(CCCc2ccccc2)[C@@H](C(F)F)[C@@H]1O. The third kappa shape index (κ3) is 4.72. The molecular formula is C17H24F2N2O2. The highest BCUT2D eigenvalue weighted by Gasteiger charge is 2.45. The van der Waals surface area contributed by atoms with Gasteiger partial charge in [-0.15, -0.1) is 0 Å². The van der Waals surface area contributed by atoms with Gasteiger partial charge in [-0.25, -0.2) is 8.78 Å². The quantitative estimate of drug-likeness (QED) is 0.804. The number of hydrogen-bond donors (Lipinski definition) is 2. The number of rotatable bonds is 7. The van der Waals surface area contributed by atoms with Gasteiger partial charge in [0.1, 0.15) is 0 Å². The van der Waals surface area contributed by atoms with Gasteiger partial charge < -0.3 is 10.4 Å². The Bertz CT molecular complexity index is 499. The number of aliphatic hydroxyl groups is 1. The van der Waals surface area contributed by atoms with Crippen molar-refractivity contribution in [1.82, 2.24) is 10.2 Å². The number of carbonyl (C=O) groups excluding carboxylic acids is 1. The highest BCUT2D eigenvalue weighted by molar-refractivity contribution is 5.76. The van der Waals surface area contributed by atoms with Gasteiger partial charge in [0, 0.05) is 13.0 Å². The summed E-state index contributed by atoms with van der Waals surface area (Å²) in [5, 5.41) is 12.8. The molecule has 128 valence electrons. The summed E-state index contributed by atoms with van der Waals surface area (Å²) in [6, 6.07) is 8.02. The highest BCUT2D eigenvalue weighted by atomic mass is 19.3. The summed E-state index contributed by atoms with van der Waals surface area (Å²) in [5.41, 5.74) is 1.16. The largest absolute Gasteiger partial charge is 0.389 e. The lowest BCUT2D eigenvalue weighted by Crippen LogP contribution is -2.46. The predicted molar refractivity (Wildman–Crippen MR) is 84.4 cm³/mol. The fourth-order valence-corrected chi connectivity index (χ4v) is 3.06. The van der Waals surface area contributed by atoms with Crippen LogP contribution in [-0.2, 0) is 11.2 Å². The van der Waals surface area contributed by atoms with Gasteiger partial charge in [-0.2, -0.15) is 0 Å². The Labute approximate surface area is 135 Å². The molecule has 1 heterocycles. The summed E-state index contributed by atoms with van der Waals surface area (Å²) in [6.45, 7) is 2.43. The number of alkyl halides is 2. The lowest BCUT2D eigenvalue weighted by atomic mass is 10.1. The van der Waals surface area contributed by atoms with Crippen LogP contribution in [-0.4, -0.2) is 53.6 Å². The number of carbonyl (C=O) groups is 1. The second kappa shape index (κ2) is 8.36. The van der Waals surface area contributed by atoms with Crippen LogP contribution in [0.5, 0.6) is 0 Å². The monoisotopic (exact) mass is 326 g/mol. The predicted octanol–water partition coefficient (Wildman–Crippen LogP) is 1.82. The van der Waals surface area contributed by atoms with Crippen LogP contribution in [0.4, 0.5) is 8.78 Å². The molecule has 1 aromatic rings. The van der Waals surface area contributed by atoms with E-state index in [1.807, 2.05) is 30.3 Å². The molecular weight excluding hydrogens is 302 g/mol. The molecule has 6 heteroatoms. The van der Waals surface area contributed by atoms with Crippen molar-refractivity contribution in [3.05, 3.63) is 35.9 Å². The fourth-order valence-electron chi connectivity index (χ4n) is 3.06. The summed E-state index contributed by atoms with van der Waals surface area (Å²) >= 11 is 0. The van der Waals surface area contributed by atoms with Crippen molar-refractivity contribution in [2.24, 2.45) is 0 Å². The number of benzene rings is 1. The second-order valence-electron chi connectivity index (χ2n) is 5.93. The number of aryl methyl sites for hydroxylation is 1. The van der Waals surface area contributed by atoms with E-state index in [2.05, 4.69) is 5.32 Å². The fraction of sp³-hybridized carbons (Fsp3) is 0.588. The molecule has 23 heavy (non-hydrogen) atoms. The molecule has 0 aliphatic carbocycles. The first-order valence-corrected chi connectivity index (χ1v) is 8.06. The molecule has 0 unspecified atom stereocenters. The van der Waals surface area contributed by atoms with Crippen molar-refractivity contribution in [2.75, 3.05) is 13.1 Å². The second-order valence-corrected chi connectivity index (χ2v) is 5.93. The van der Waals surface area contributed by atoms with Crippen molar-refractivity contribution < 1.29 is 18.7 Å². The summed E-state index contributed by atoms with van der Waals surface area (Å²) < 4.78 is 26.5. The van der Waals surface area contributed by atoms with E-state index < -0.39 is 24.6 Å². The maximum absolute atomic E-state index is 13.3. The van der Waals surface area contributed by atoms with Gasteiger partial charge in [-0.3, -0.25) is 9.69 Å². The molecule has 0 aromatic heterocycles. The molecule has 2 rings (SSSR count). The van der Waals surface area contributed by atoms with Crippen molar-refractivity contribution in [3.8, 4) is 0 Å². The van der Waals surface area contributed by atoms with Crippen LogP contribution in [0.3, 0.4) is 0 Å². The molecule has 3 atom stereocenters.